The molecular weight excluding hydrogens is 562 g/mol. The number of para-hydroxylation sites is 2. The highest BCUT2D eigenvalue weighted by Crippen LogP contribution is 2.51. The van der Waals surface area contributed by atoms with Gasteiger partial charge in [-0.3, -0.25) is 0 Å². The predicted octanol–water partition coefficient (Wildman–Crippen LogP) is 11.7. The molecule has 46 heavy (non-hydrogen) atoms. The maximum absolute atomic E-state index is 6.72. The van der Waals surface area contributed by atoms with Crippen molar-refractivity contribution in [2.45, 2.75) is 31.8 Å². The molecule has 0 spiro atoms. The van der Waals surface area contributed by atoms with Crippen LogP contribution in [-0.2, 0) is 0 Å². The van der Waals surface area contributed by atoms with Crippen LogP contribution < -0.4 is 9.64 Å². The number of aryl methyl sites for hydroxylation is 1. The van der Waals surface area contributed by atoms with Crippen LogP contribution in [0, 0.1) is 6.92 Å². The van der Waals surface area contributed by atoms with Gasteiger partial charge in [0.15, 0.2) is 0 Å². The Balaban J connectivity index is 1.21. The number of fused-ring (bicyclic) bond motifs is 7. The van der Waals surface area contributed by atoms with Crippen LogP contribution in [0.3, 0.4) is 0 Å². The van der Waals surface area contributed by atoms with Crippen LogP contribution in [-0.4, -0.2) is 6.10 Å². The van der Waals surface area contributed by atoms with E-state index in [2.05, 4.69) is 126 Å². The molecular formula is C43H33NO2. The van der Waals surface area contributed by atoms with Gasteiger partial charge >= 0.3 is 0 Å². The first kappa shape index (κ1) is 26.8. The number of hydrogen-bond acceptors (Lipinski definition) is 3. The molecule has 0 N–H and O–H groups in total. The van der Waals surface area contributed by atoms with E-state index in [0.717, 1.165) is 58.0 Å². The first-order chi connectivity index (χ1) is 22.7. The topological polar surface area (TPSA) is 25.6 Å². The van der Waals surface area contributed by atoms with Crippen molar-refractivity contribution < 1.29 is 9.15 Å². The van der Waals surface area contributed by atoms with Crippen LogP contribution in [0.25, 0.3) is 49.3 Å². The molecule has 3 nitrogen and oxygen atoms in total. The number of benzene rings is 6. The summed E-state index contributed by atoms with van der Waals surface area (Å²) >= 11 is 0. The van der Waals surface area contributed by atoms with Crippen LogP contribution in [0.2, 0.25) is 0 Å². The van der Waals surface area contributed by atoms with Gasteiger partial charge in [0.05, 0.1) is 11.4 Å². The van der Waals surface area contributed by atoms with E-state index in [1.54, 1.807) is 0 Å². The van der Waals surface area contributed by atoms with Gasteiger partial charge in [0.2, 0.25) is 0 Å². The Morgan fingerprint density at radius 1 is 0.761 bits per heavy atom. The molecule has 7 aromatic rings. The van der Waals surface area contributed by atoms with E-state index in [1.807, 2.05) is 19.1 Å². The van der Waals surface area contributed by atoms with Crippen LogP contribution in [0.15, 0.2) is 144 Å². The zero-order chi connectivity index (χ0) is 30.8. The summed E-state index contributed by atoms with van der Waals surface area (Å²) < 4.78 is 13.0. The van der Waals surface area contributed by atoms with E-state index < -0.39 is 0 Å². The zero-order valence-electron chi connectivity index (χ0n) is 25.7. The Bertz CT molecular complexity index is 2340. The standard InChI is InChI=1S/C43H33NO2/c1-27(42-28(2)45-41-21-10-8-17-37(41)42)44(39-19-11-18-36-35-16-7-9-20-40(35)46-43(36)39)31-24-22-29(23-25-31)38-26-30-12-3-4-13-32(30)33-14-5-6-15-34(33)38/h3-6,8-15,17-26,35,40H,1,7,16H2,2H3. The summed E-state index contributed by atoms with van der Waals surface area (Å²) in [5.74, 6) is 2.16. The summed E-state index contributed by atoms with van der Waals surface area (Å²) in [5.41, 5.74) is 8.42. The summed E-state index contributed by atoms with van der Waals surface area (Å²) in [6.07, 6.45) is 6.72. The first-order valence-electron chi connectivity index (χ1n) is 16.1. The predicted molar refractivity (Wildman–Crippen MR) is 191 cm³/mol. The van der Waals surface area contributed by atoms with E-state index in [4.69, 9.17) is 15.7 Å². The number of hydrogen-bond donors (Lipinski definition) is 0. The molecule has 2 atom stereocenters. The lowest BCUT2D eigenvalue weighted by Crippen LogP contribution is -2.19. The molecule has 1 aromatic heterocycles. The van der Waals surface area contributed by atoms with Crippen molar-refractivity contribution in [2.75, 3.05) is 4.90 Å². The van der Waals surface area contributed by atoms with Gasteiger partial charge < -0.3 is 14.1 Å². The number of anilines is 2. The van der Waals surface area contributed by atoms with Crippen molar-refractivity contribution in [3.8, 4) is 16.9 Å². The Morgan fingerprint density at radius 2 is 1.50 bits per heavy atom. The zero-order valence-corrected chi connectivity index (χ0v) is 25.7. The van der Waals surface area contributed by atoms with Crippen molar-refractivity contribution in [1.82, 2.24) is 0 Å². The SMILES string of the molecule is C=C(c1c(C)oc2ccccc12)N(c1ccc(-c2cc3ccccc3c3ccccc23)cc1)c1cccc2c1OC1C=CCCC21. The minimum atomic E-state index is 0.0695. The summed E-state index contributed by atoms with van der Waals surface area (Å²) in [5, 5.41) is 6.09. The van der Waals surface area contributed by atoms with Crippen LogP contribution in [0.1, 0.15) is 35.6 Å². The highest BCUT2D eigenvalue weighted by atomic mass is 16.5. The van der Waals surface area contributed by atoms with E-state index in [9.17, 15) is 0 Å². The molecule has 6 aromatic carbocycles. The third kappa shape index (κ3) is 4.12. The molecule has 2 aliphatic rings. The molecule has 0 radical (unpaired) electrons. The molecule has 0 bridgehead atoms. The van der Waals surface area contributed by atoms with Gasteiger partial charge in [-0.2, -0.15) is 0 Å². The van der Waals surface area contributed by atoms with Crippen molar-refractivity contribution in [3.63, 3.8) is 0 Å². The minimum Gasteiger partial charge on any atom is -0.483 e. The van der Waals surface area contributed by atoms with Gasteiger partial charge in [-0.1, -0.05) is 104 Å². The molecule has 0 amide bonds. The molecule has 1 aliphatic carbocycles. The fourth-order valence-electron chi connectivity index (χ4n) is 7.69. The van der Waals surface area contributed by atoms with Crippen LogP contribution >= 0.6 is 0 Å². The number of allylic oxidation sites excluding steroid dienone is 1. The molecule has 2 heterocycles. The molecule has 0 saturated carbocycles. The number of ether oxygens (including phenoxy) is 1. The lowest BCUT2D eigenvalue weighted by molar-refractivity contribution is 0.245. The van der Waals surface area contributed by atoms with E-state index in [0.29, 0.717) is 5.92 Å². The van der Waals surface area contributed by atoms with Crippen molar-refractivity contribution in [1.29, 1.82) is 0 Å². The molecule has 0 saturated heterocycles. The van der Waals surface area contributed by atoms with Crippen LogP contribution in [0.4, 0.5) is 11.4 Å². The second kappa shape index (κ2) is 10.5. The van der Waals surface area contributed by atoms with Gasteiger partial charge in [0.25, 0.3) is 0 Å². The quantitative estimate of drug-likeness (QED) is 0.146. The smallest absolute Gasteiger partial charge is 0.147 e. The molecule has 9 rings (SSSR count). The number of nitrogens with zero attached hydrogens (tertiary/aromatic N) is 1. The van der Waals surface area contributed by atoms with Gasteiger partial charge in [0, 0.05) is 28.1 Å². The normalized spacial score (nSPS) is 16.8. The van der Waals surface area contributed by atoms with Crippen molar-refractivity contribution in [3.05, 3.63) is 157 Å². The van der Waals surface area contributed by atoms with Gasteiger partial charge in [-0.05, 0) is 88.8 Å². The molecule has 2 unspecified atom stereocenters. The Kier molecular flexibility index (Phi) is 6.14. The third-order valence-corrected chi connectivity index (χ3v) is 9.82. The highest BCUT2D eigenvalue weighted by molar-refractivity contribution is 6.13. The summed E-state index contributed by atoms with van der Waals surface area (Å²) in [7, 11) is 0. The molecule has 0 fully saturated rings. The second-order valence-corrected chi connectivity index (χ2v) is 12.4. The minimum absolute atomic E-state index is 0.0695. The van der Waals surface area contributed by atoms with Gasteiger partial charge in [-0.15, -0.1) is 0 Å². The molecule has 3 heteroatoms. The Hall–Kier alpha value is -5.54. The maximum atomic E-state index is 6.72. The van der Waals surface area contributed by atoms with Crippen molar-refractivity contribution in [2.24, 2.45) is 0 Å². The van der Waals surface area contributed by atoms with Gasteiger partial charge in [0.1, 0.15) is 23.2 Å². The monoisotopic (exact) mass is 595 g/mol. The Labute approximate surface area is 268 Å². The molecule has 222 valence electrons. The van der Waals surface area contributed by atoms with E-state index in [-0.39, 0.29) is 6.10 Å². The summed E-state index contributed by atoms with van der Waals surface area (Å²) in [6, 6.07) is 43.3. The summed E-state index contributed by atoms with van der Waals surface area (Å²) in [6.45, 7) is 6.76. The third-order valence-electron chi connectivity index (χ3n) is 9.82. The Morgan fingerprint density at radius 3 is 2.35 bits per heavy atom. The average molecular weight is 596 g/mol. The maximum Gasteiger partial charge on any atom is 0.147 e. The molecule has 1 aliphatic heterocycles. The average Bonchev–Trinajstić information content (AvgIpc) is 3.66. The number of rotatable bonds is 5. The van der Waals surface area contributed by atoms with Crippen molar-refractivity contribution >= 4 is 49.6 Å². The first-order valence-corrected chi connectivity index (χ1v) is 16.1. The van der Waals surface area contributed by atoms with Crippen LogP contribution in [0.5, 0.6) is 5.75 Å². The lowest BCUT2D eigenvalue weighted by atomic mass is 9.87. The van der Waals surface area contributed by atoms with Gasteiger partial charge in [-0.25, -0.2) is 0 Å². The lowest BCUT2D eigenvalue weighted by Gasteiger charge is -2.29. The summed E-state index contributed by atoms with van der Waals surface area (Å²) in [4.78, 5) is 2.26. The largest absolute Gasteiger partial charge is 0.483 e. The highest BCUT2D eigenvalue weighted by Gasteiger charge is 2.37. The fourth-order valence-corrected chi connectivity index (χ4v) is 7.69. The van der Waals surface area contributed by atoms with E-state index in [1.165, 1.54) is 38.2 Å². The second-order valence-electron chi connectivity index (χ2n) is 12.4. The van der Waals surface area contributed by atoms with E-state index >= 15 is 0 Å². The fraction of sp³-hybridized carbons (Fsp3) is 0.116. The number of furan rings is 1.